The van der Waals surface area contributed by atoms with Crippen molar-refractivity contribution < 1.29 is 9.63 Å². The van der Waals surface area contributed by atoms with Gasteiger partial charge in [0.05, 0.1) is 17.3 Å². The van der Waals surface area contributed by atoms with Crippen LogP contribution >= 0.6 is 11.6 Å². The van der Waals surface area contributed by atoms with Crippen molar-refractivity contribution in [3.63, 3.8) is 0 Å². The highest BCUT2D eigenvalue weighted by molar-refractivity contribution is 6.33. The van der Waals surface area contributed by atoms with Gasteiger partial charge in [-0.05, 0) is 19.1 Å². The van der Waals surface area contributed by atoms with Gasteiger partial charge >= 0.3 is 0 Å². The lowest BCUT2D eigenvalue weighted by atomic mass is 10.3. The van der Waals surface area contributed by atoms with Gasteiger partial charge in [-0.1, -0.05) is 23.7 Å². The van der Waals surface area contributed by atoms with Gasteiger partial charge in [-0.3, -0.25) is 4.79 Å². The summed E-state index contributed by atoms with van der Waals surface area (Å²) in [5.41, 5.74) is 3.12. The van der Waals surface area contributed by atoms with E-state index in [-0.39, 0.29) is 12.5 Å². The minimum Gasteiger partial charge on any atom is -0.324 e. The van der Waals surface area contributed by atoms with Crippen molar-refractivity contribution in [3.05, 3.63) is 29.3 Å². The van der Waals surface area contributed by atoms with Crippen LogP contribution in [-0.4, -0.2) is 19.1 Å². The summed E-state index contributed by atoms with van der Waals surface area (Å²) in [4.78, 5) is 16.2. The molecular formula is C10H13ClN2O2. The van der Waals surface area contributed by atoms with Gasteiger partial charge in [0.25, 0.3) is 0 Å². The molecule has 1 aromatic rings. The molecule has 0 heterocycles. The molecule has 0 radical (unpaired) electrons. The molecule has 0 aliphatic heterocycles. The van der Waals surface area contributed by atoms with E-state index in [9.17, 15) is 4.79 Å². The Morgan fingerprint density at radius 1 is 1.47 bits per heavy atom. The molecule has 0 atom stereocenters. The van der Waals surface area contributed by atoms with Gasteiger partial charge in [-0.15, -0.1) is 0 Å². The molecule has 1 aromatic carbocycles. The number of hydrogen-bond acceptors (Lipinski definition) is 3. The minimum atomic E-state index is -0.198. The number of rotatable bonds is 5. The van der Waals surface area contributed by atoms with Crippen LogP contribution in [0.5, 0.6) is 0 Å². The Labute approximate surface area is 93.5 Å². The van der Waals surface area contributed by atoms with E-state index in [2.05, 4.69) is 10.8 Å². The first kappa shape index (κ1) is 12.0. The fraction of sp³-hybridized carbons (Fsp3) is 0.300. The summed E-state index contributed by atoms with van der Waals surface area (Å²) in [7, 11) is 0. The molecule has 0 aromatic heterocycles. The molecule has 0 spiro atoms. The molecule has 4 nitrogen and oxygen atoms in total. The summed E-state index contributed by atoms with van der Waals surface area (Å²) in [6.07, 6.45) is 0. The van der Waals surface area contributed by atoms with E-state index in [4.69, 9.17) is 16.4 Å². The zero-order valence-corrected chi connectivity index (χ0v) is 9.17. The van der Waals surface area contributed by atoms with Crippen LogP contribution in [0.3, 0.4) is 0 Å². The van der Waals surface area contributed by atoms with Crippen LogP contribution in [0.25, 0.3) is 0 Å². The third kappa shape index (κ3) is 4.29. The molecule has 82 valence electrons. The number of anilines is 1. The SMILES string of the molecule is CCONCC(=O)Nc1ccccc1Cl. The smallest absolute Gasteiger partial charge is 0.240 e. The fourth-order valence-electron chi connectivity index (χ4n) is 0.976. The molecule has 0 unspecified atom stereocenters. The monoisotopic (exact) mass is 228 g/mol. The van der Waals surface area contributed by atoms with Crippen LogP contribution in [0.4, 0.5) is 5.69 Å². The Morgan fingerprint density at radius 2 is 2.20 bits per heavy atom. The van der Waals surface area contributed by atoms with Crippen LogP contribution in [0.1, 0.15) is 6.92 Å². The summed E-state index contributed by atoms with van der Waals surface area (Å²) >= 11 is 5.86. The third-order valence-corrected chi connectivity index (χ3v) is 1.96. The number of benzene rings is 1. The molecule has 2 N–H and O–H groups in total. The van der Waals surface area contributed by atoms with Crippen molar-refractivity contribution >= 4 is 23.2 Å². The number of hydrogen-bond donors (Lipinski definition) is 2. The zero-order valence-electron chi connectivity index (χ0n) is 8.42. The summed E-state index contributed by atoms with van der Waals surface area (Å²) in [6.45, 7) is 2.44. The van der Waals surface area contributed by atoms with E-state index < -0.39 is 0 Å². The number of halogens is 1. The highest BCUT2D eigenvalue weighted by atomic mass is 35.5. The first-order valence-electron chi connectivity index (χ1n) is 4.63. The average Bonchev–Trinajstić information content (AvgIpc) is 2.22. The third-order valence-electron chi connectivity index (χ3n) is 1.63. The molecule has 0 bridgehead atoms. The number of para-hydroxylation sites is 1. The molecule has 0 aliphatic carbocycles. The van der Waals surface area contributed by atoms with E-state index in [0.29, 0.717) is 17.3 Å². The van der Waals surface area contributed by atoms with Crippen LogP contribution in [-0.2, 0) is 9.63 Å². The van der Waals surface area contributed by atoms with Crippen molar-refractivity contribution in [3.8, 4) is 0 Å². The van der Waals surface area contributed by atoms with E-state index >= 15 is 0 Å². The summed E-state index contributed by atoms with van der Waals surface area (Å²) < 4.78 is 0. The highest BCUT2D eigenvalue weighted by Crippen LogP contribution is 2.19. The van der Waals surface area contributed by atoms with Gasteiger partial charge < -0.3 is 10.2 Å². The molecule has 0 saturated heterocycles. The van der Waals surface area contributed by atoms with Crippen molar-refractivity contribution in [2.75, 3.05) is 18.5 Å². The lowest BCUT2D eigenvalue weighted by molar-refractivity contribution is -0.117. The van der Waals surface area contributed by atoms with Gasteiger partial charge in [0.2, 0.25) is 5.91 Å². The number of nitrogens with one attached hydrogen (secondary N) is 2. The number of amides is 1. The Kier molecular flexibility index (Phi) is 5.10. The number of carbonyl (C=O) groups is 1. The van der Waals surface area contributed by atoms with Crippen LogP contribution in [0.15, 0.2) is 24.3 Å². The second-order valence-electron chi connectivity index (χ2n) is 2.78. The number of carbonyl (C=O) groups excluding carboxylic acids is 1. The minimum absolute atomic E-state index is 0.0963. The Hall–Kier alpha value is -1.10. The topological polar surface area (TPSA) is 50.4 Å². The van der Waals surface area contributed by atoms with Crippen molar-refractivity contribution in [2.24, 2.45) is 0 Å². The second-order valence-corrected chi connectivity index (χ2v) is 3.19. The van der Waals surface area contributed by atoms with Crippen molar-refractivity contribution in [1.82, 2.24) is 5.48 Å². The molecule has 0 aliphatic rings. The lowest BCUT2D eigenvalue weighted by Gasteiger charge is -2.07. The molecule has 15 heavy (non-hydrogen) atoms. The fourth-order valence-corrected chi connectivity index (χ4v) is 1.16. The van der Waals surface area contributed by atoms with E-state index in [1.54, 1.807) is 24.3 Å². The van der Waals surface area contributed by atoms with Crippen LogP contribution in [0, 0.1) is 0 Å². The predicted octanol–water partition coefficient (Wildman–Crippen LogP) is 1.82. The summed E-state index contributed by atoms with van der Waals surface area (Å²) in [6, 6.07) is 7.06. The normalized spacial score (nSPS) is 10.0. The molecule has 0 saturated carbocycles. The van der Waals surface area contributed by atoms with E-state index in [1.165, 1.54) is 0 Å². The van der Waals surface area contributed by atoms with Crippen LogP contribution < -0.4 is 10.8 Å². The predicted molar refractivity (Wildman–Crippen MR) is 59.7 cm³/mol. The molecule has 1 rings (SSSR count). The van der Waals surface area contributed by atoms with Gasteiger partial charge in [0, 0.05) is 0 Å². The largest absolute Gasteiger partial charge is 0.324 e. The van der Waals surface area contributed by atoms with Crippen molar-refractivity contribution in [2.45, 2.75) is 6.92 Å². The second kappa shape index (κ2) is 6.40. The van der Waals surface area contributed by atoms with E-state index in [1.807, 2.05) is 6.92 Å². The molecule has 5 heteroatoms. The maximum atomic E-state index is 11.3. The Balaban J connectivity index is 2.41. The summed E-state index contributed by atoms with van der Waals surface area (Å²) in [5, 5.41) is 3.17. The zero-order chi connectivity index (χ0) is 11.1. The summed E-state index contributed by atoms with van der Waals surface area (Å²) in [5.74, 6) is -0.198. The van der Waals surface area contributed by atoms with Gasteiger partial charge in [-0.2, -0.15) is 5.48 Å². The maximum absolute atomic E-state index is 11.3. The van der Waals surface area contributed by atoms with Crippen LogP contribution in [0.2, 0.25) is 5.02 Å². The van der Waals surface area contributed by atoms with Gasteiger partial charge in [0.15, 0.2) is 0 Å². The van der Waals surface area contributed by atoms with Gasteiger partial charge in [0.1, 0.15) is 6.54 Å². The average molecular weight is 229 g/mol. The maximum Gasteiger partial charge on any atom is 0.240 e. The highest BCUT2D eigenvalue weighted by Gasteiger charge is 2.03. The van der Waals surface area contributed by atoms with Gasteiger partial charge in [-0.25, -0.2) is 0 Å². The molecule has 0 fully saturated rings. The lowest BCUT2D eigenvalue weighted by Crippen LogP contribution is -2.28. The Morgan fingerprint density at radius 3 is 2.87 bits per heavy atom. The molecular weight excluding hydrogens is 216 g/mol. The molecule has 1 amide bonds. The van der Waals surface area contributed by atoms with E-state index in [0.717, 1.165) is 0 Å². The Bertz CT molecular complexity index is 331. The quantitative estimate of drug-likeness (QED) is 0.597. The standard InChI is InChI=1S/C10H13ClN2O2/c1-2-15-12-7-10(14)13-9-6-4-3-5-8(9)11/h3-6,12H,2,7H2,1H3,(H,13,14). The number of hydroxylamine groups is 1. The first-order chi connectivity index (χ1) is 7.24. The first-order valence-corrected chi connectivity index (χ1v) is 5.01. The van der Waals surface area contributed by atoms with Crippen molar-refractivity contribution in [1.29, 1.82) is 0 Å².